The fourth-order valence-electron chi connectivity index (χ4n) is 2.44. The Bertz CT molecular complexity index is 673. The molecule has 0 saturated heterocycles. The summed E-state index contributed by atoms with van der Waals surface area (Å²) in [6.45, 7) is 8.10. The van der Waals surface area contributed by atoms with Gasteiger partial charge in [-0.05, 0) is 63.4 Å². The van der Waals surface area contributed by atoms with Gasteiger partial charge in [-0.1, -0.05) is 6.07 Å². The van der Waals surface area contributed by atoms with Crippen molar-refractivity contribution in [2.45, 2.75) is 40.2 Å². The van der Waals surface area contributed by atoms with Crippen LogP contribution in [-0.4, -0.2) is 17.6 Å². The van der Waals surface area contributed by atoms with Crippen LogP contribution in [0.5, 0.6) is 0 Å². The minimum atomic E-state index is -0.627. The zero-order chi connectivity index (χ0) is 16.3. The Morgan fingerprint density at radius 3 is 2.50 bits per heavy atom. The summed E-state index contributed by atoms with van der Waals surface area (Å²) in [5, 5.41) is 13.0. The second kappa shape index (κ2) is 6.79. The van der Waals surface area contributed by atoms with Crippen LogP contribution in [0.1, 0.15) is 51.1 Å². The van der Waals surface area contributed by atoms with Crippen LogP contribution in [0.25, 0.3) is 0 Å². The molecule has 1 unspecified atom stereocenters. The van der Waals surface area contributed by atoms with Gasteiger partial charge in [0.05, 0.1) is 6.10 Å². The Balaban J connectivity index is 1.89. The van der Waals surface area contributed by atoms with Crippen molar-refractivity contribution in [1.82, 2.24) is 5.32 Å². The maximum Gasteiger partial charge on any atom is 0.251 e. The first kappa shape index (κ1) is 16.3. The lowest BCUT2D eigenvalue weighted by atomic mass is 10.1. The van der Waals surface area contributed by atoms with Crippen LogP contribution in [-0.2, 0) is 0 Å². The van der Waals surface area contributed by atoms with Gasteiger partial charge in [-0.2, -0.15) is 0 Å². The van der Waals surface area contributed by atoms with E-state index in [0.29, 0.717) is 18.5 Å². The van der Waals surface area contributed by atoms with E-state index in [9.17, 15) is 9.90 Å². The number of carbonyl (C=O) groups excluding carboxylic acids is 1. The number of amides is 1. The molecule has 0 fully saturated rings. The molecule has 118 valence electrons. The maximum atomic E-state index is 12.1. The van der Waals surface area contributed by atoms with E-state index in [1.165, 1.54) is 0 Å². The summed E-state index contributed by atoms with van der Waals surface area (Å²) < 4.78 is 5.41. The molecular formula is C18H23NO3. The number of hydrogen-bond donors (Lipinski definition) is 2. The Kier molecular flexibility index (Phi) is 5.03. The average molecular weight is 301 g/mol. The van der Waals surface area contributed by atoms with E-state index < -0.39 is 6.10 Å². The largest absolute Gasteiger partial charge is 0.466 e. The van der Waals surface area contributed by atoms with Crippen molar-refractivity contribution in [1.29, 1.82) is 0 Å². The Hall–Kier alpha value is -2.07. The Labute approximate surface area is 131 Å². The summed E-state index contributed by atoms with van der Waals surface area (Å²) >= 11 is 0. The third-order valence-corrected chi connectivity index (χ3v) is 3.91. The first-order valence-electron chi connectivity index (χ1n) is 7.49. The third-order valence-electron chi connectivity index (χ3n) is 3.91. The standard InChI is InChI=1S/C18H23NO3/c1-11-5-6-15(9-12(11)2)18(21)19-8-7-17(20)16-10-13(3)22-14(16)4/h5-6,9-10,17,20H,7-8H2,1-4H3,(H,19,21). The molecule has 4 heteroatoms. The summed E-state index contributed by atoms with van der Waals surface area (Å²) in [5.41, 5.74) is 3.70. The predicted octanol–water partition coefficient (Wildman–Crippen LogP) is 3.37. The van der Waals surface area contributed by atoms with Crippen molar-refractivity contribution in [3.8, 4) is 0 Å². The molecule has 1 aromatic carbocycles. The molecule has 2 aromatic rings. The molecule has 1 atom stereocenters. The molecule has 0 radical (unpaired) electrons. The van der Waals surface area contributed by atoms with E-state index >= 15 is 0 Å². The second-order valence-electron chi connectivity index (χ2n) is 5.73. The highest BCUT2D eigenvalue weighted by molar-refractivity contribution is 5.94. The van der Waals surface area contributed by atoms with Crippen molar-refractivity contribution >= 4 is 5.91 Å². The van der Waals surface area contributed by atoms with Crippen molar-refractivity contribution in [2.24, 2.45) is 0 Å². The predicted molar refractivity (Wildman–Crippen MR) is 86.0 cm³/mol. The number of aryl methyl sites for hydroxylation is 4. The molecule has 1 aromatic heterocycles. The summed E-state index contributed by atoms with van der Waals surface area (Å²) in [4.78, 5) is 12.1. The zero-order valence-electron chi connectivity index (χ0n) is 13.6. The molecule has 0 spiro atoms. The quantitative estimate of drug-likeness (QED) is 0.890. The topological polar surface area (TPSA) is 62.5 Å². The number of benzene rings is 1. The fourth-order valence-corrected chi connectivity index (χ4v) is 2.44. The van der Waals surface area contributed by atoms with Crippen LogP contribution < -0.4 is 5.32 Å². The number of carbonyl (C=O) groups is 1. The molecule has 0 aliphatic heterocycles. The highest BCUT2D eigenvalue weighted by Crippen LogP contribution is 2.23. The van der Waals surface area contributed by atoms with Crippen LogP contribution in [0.3, 0.4) is 0 Å². The lowest BCUT2D eigenvalue weighted by Crippen LogP contribution is -2.25. The van der Waals surface area contributed by atoms with Crippen LogP contribution >= 0.6 is 0 Å². The summed E-state index contributed by atoms with van der Waals surface area (Å²) in [5.74, 6) is 1.39. The van der Waals surface area contributed by atoms with E-state index in [-0.39, 0.29) is 5.91 Å². The van der Waals surface area contributed by atoms with Gasteiger partial charge in [-0.15, -0.1) is 0 Å². The minimum Gasteiger partial charge on any atom is -0.466 e. The van der Waals surface area contributed by atoms with Crippen LogP contribution in [0.15, 0.2) is 28.7 Å². The summed E-state index contributed by atoms with van der Waals surface area (Å²) in [7, 11) is 0. The number of hydrogen-bond acceptors (Lipinski definition) is 3. The SMILES string of the molecule is Cc1cc(C(O)CCNC(=O)c2ccc(C)c(C)c2)c(C)o1. The molecule has 4 nitrogen and oxygen atoms in total. The van der Waals surface area contributed by atoms with Crippen molar-refractivity contribution < 1.29 is 14.3 Å². The van der Waals surface area contributed by atoms with Gasteiger partial charge in [0.25, 0.3) is 5.91 Å². The van der Waals surface area contributed by atoms with Gasteiger partial charge in [0.2, 0.25) is 0 Å². The lowest BCUT2D eigenvalue weighted by Gasteiger charge is -2.11. The number of furan rings is 1. The molecule has 0 aliphatic rings. The van der Waals surface area contributed by atoms with E-state index in [1.807, 2.05) is 52.0 Å². The van der Waals surface area contributed by atoms with Gasteiger partial charge in [0, 0.05) is 17.7 Å². The Morgan fingerprint density at radius 1 is 1.18 bits per heavy atom. The molecule has 1 amide bonds. The van der Waals surface area contributed by atoms with Crippen LogP contribution in [0.2, 0.25) is 0 Å². The number of nitrogens with one attached hydrogen (secondary N) is 1. The monoisotopic (exact) mass is 301 g/mol. The van der Waals surface area contributed by atoms with Crippen molar-refractivity contribution in [2.75, 3.05) is 6.54 Å². The van der Waals surface area contributed by atoms with Gasteiger partial charge in [-0.3, -0.25) is 4.79 Å². The van der Waals surface area contributed by atoms with Crippen LogP contribution in [0.4, 0.5) is 0 Å². The third kappa shape index (κ3) is 3.77. The van der Waals surface area contributed by atoms with Gasteiger partial charge in [0.15, 0.2) is 0 Å². The average Bonchev–Trinajstić information content (AvgIpc) is 2.80. The molecule has 22 heavy (non-hydrogen) atoms. The lowest BCUT2D eigenvalue weighted by molar-refractivity contribution is 0.0942. The maximum absolute atomic E-state index is 12.1. The highest BCUT2D eigenvalue weighted by atomic mass is 16.3. The smallest absolute Gasteiger partial charge is 0.251 e. The zero-order valence-corrected chi connectivity index (χ0v) is 13.6. The number of rotatable bonds is 5. The van der Waals surface area contributed by atoms with E-state index in [0.717, 1.165) is 28.2 Å². The second-order valence-corrected chi connectivity index (χ2v) is 5.73. The summed E-state index contributed by atoms with van der Waals surface area (Å²) in [6.07, 6.45) is -0.173. The summed E-state index contributed by atoms with van der Waals surface area (Å²) in [6, 6.07) is 7.48. The van der Waals surface area contributed by atoms with Gasteiger partial charge < -0.3 is 14.8 Å². The fraction of sp³-hybridized carbons (Fsp3) is 0.389. The first-order chi connectivity index (χ1) is 10.4. The number of aliphatic hydroxyl groups is 1. The molecule has 0 saturated carbocycles. The molecule has 0 aliphatic carbocycles. The van der Waals surface area contributed by atoms with Gasteiger partial charge in [0.1, 0.15) is 11.5 Å². The van der Waals surface area contributed by atoms with E-state index in [2.05, 4.69) is 5.32 Å². The van der Waals surface area contributed by atoms with E-state index in [1.54, 1.807) is 0 Å². The van der Waals surface area contributed by atoms with Crippen LogP contribution in [0, 0.1) is 27.7 Å². The van der Waals surface area contributed by atoms with E-state index in [4.69, 9.17) is 4.42 Å². The Morgan fingerprint density at radius 2 is 1.91 bits per heavy atom. The number of aliphatic hydroxyl groups excluding tert-OH is 1. The molecule has 2 rings (SSSR count). The van der Waals surface area contributed by atoms with Gasteiger partial charge in [-0.25, -0.2) is 0 Å². The highest BCUT2D eigenvalue weighted by Gasteiger charge is 2.15. The molecule has 2 N–H and O–H groups in total. The van der Waals surface area contributed by atoms with Crippen molar-refractivity contribution in [3.63, 3.8) is 0 Å². The van der Waals surface area contributed by atoms with Gasteiger partial charge >= 0.3 is 0 Å². The minimum absolute atomic E-state index is 0.115. The molecule has 0 bridgehead atoms. The van der Waals surface area contributed by atoms with Crippen molar-refractivity contribution in [3.05, 3.63) is 58.0 Å². The first-order valence-corrected chi connectivity index (χ1v) is 7.49. The molecule has 1 heterocycles. The molecular weight excluding hydrogens is 278 g/mol. The normalized spacial score (nSPS) is 12.2.